The fraction of sp³-hybridized carbons (Fsp3) is 1.00. The summed E-state index contributed by atoms with van der Waals surface area (Å²) in [6, 6.07) is 0. The molecule has 0 unspecified atom stereocenters. The Morgan fingerprint density at radius 1 is 1.00 bits per heavy atom. The first-order valence-electron chi connectivity index (χ1n) is 4.18. The standard InChI is InChI=1S/C8H19NO/c1-3-5-9(6-4-2)7-8-10/h10H,3-8H2,1-2H3/q+1. The first-order valence-corrected chi connectivity index (χ1v) is 4.18. The Balaban J connectivity index is 3.30. The molecule has 0 amide bonds. The van der Waals surface area contributed by atoms with Crippen LogP contribution in [0.5, 0.6) is 0 Å². The van der Waals surface area contributed by atoms with E-state index in [0.29, 0.717) is 6.61 Å². The van der Waals surface area contributed by atoms with Crippen LogP contribution in [0.1, 0.15) is 26.7 Å². The molecule has 61 valence electrons. The first-order chi connectivity index (χ1) is 4.85. The highest BCUT2D eigenvalue weighted by molar-refractivity contribution is 4.60. The van der Waals surface area contributed by atoms with E-state index in [1.54, 1.807) is 0 Å². The van der Waals surface area contributed by atoms with Crippen LogP contribution < -0.4 is 4.90 Å². The van der Waals surface area contributed by atoms with E-state index in [-0.39, 0.29) is 0 Å². The molecule has 0 aliphatic carbocycles. The van der Waals surface area contributed by atoms with Crippen molar-refractivity contribution in [2.75, 3.05) is 26.2 Å². The molecule has 0 atom stereocenters. The molecule has 2 nitrogen and oxygen atoms in total. The van der Waals surface area contributed by atoms with E-state index in [9.17, 15) is 0 Å². The van der Waals surface area contributed by atoms with Gasteiger partial charge in [0, 0.05) is 0 Å². The van der Waals surface area contributed by atoms with Gasteiger partial charge in [0.05, 0.1) is 6.61 Å². The van der Waals surface area contributed by atoms with Crippen molar-refractivity contribution in [2.24, 2.45) is 0 Å². The fourth-order valence-electron chi connectivity index (χ4n) is 1.11. The molecule has 0 rings (SSSR count). The normalized spacial score (nSPS) is 10.8. The molecule has 0 aliphatic rings. The van der Waals surface area contributed by atoms with Crippen molar-refractivity contribution >= 4 is 0 Å². The summed E-state index contributed by atoms with van der Waals surface area (Å²) < 4.78 is 0. The molecular formula is C8H19NO+. The Morgan fingerprint density at radius 3 is 1.80 bits per heavy atom. The minimum Gasteiger partial charge on any atom is -0.390 e. The number of rotatable bonds is 6. The minimum absolute atomic E-state index is 0.292. The van der Waals surface area contributed by atoms with Crippen molar-refractivity contribution < 1.29 is 5.11 Å². The zero-order valence-corrected chi connectivity index (χ0v) is 7.14. The van der Waals surface area contributed by atoms with Crippen LogP contribution in [0, 0.1) is 0 Å². The number of aliphatic hydroxyl groups is 1. The van der Waals surface area contributed by atoms with Gasteiger partial charge >= 0.3 is 0 Å². The van der Waals surface area contributed by atoms with Gasteiger partial charge in [0.1, 0.15) is 19.6 Å². The highest BCUT2D eigenvalue weighted by atomic mass is 16.3. The molecule has 0 spiro atoms. The van der Waals surface area contributed by atoms with E-state index in [1.165, 1.54) is 12.8 Å². The molecule has 1 radical (unpaired) electrons. The summed E-state index contributed by atoms with van der Waals surface area (Å²) in [6.45, 7) is 7.70. The van der Waals surface area contributed by atoms with E-state index < -0.39 is 0 Å². The fourth-order valence-corrected chi connectivity index (χ4v) is 1.11. The van der Waals surface area contributed by atoms with Crippen molar-refractivity contribution in [3.05, 3.63) is 0 Å². The van der Waals surface area contributed by atoms with Crippen LogP contribution in [0.3, 0.4) is 0 Å². The predicted octanol–water partition coefficient (Wildman–Crippen LogP) is 0.939. The quantitative estimate of drug-likeness (QED) is 0.553. The van der Waals surface area contributed by atoms with E-state index in [4.69, 9.17) is 5.11 Å². The van der Waals surface area contributed by atoms with Crippen molar-refractivity contribution in [2.45, 2.75) is 26.7 Å². The van der Waals surface area contributed by atoms with Gasteiger partial charge < -0.3 is 5.11 Å². The van der Waals surface area contributed by atoms with Crippen LogP contribution >= 0.6 is 0 Å². The Kier molecular flexibility index (Phi) is 6.98. The van der Waals surface area contributed by atoms with Gasteiger partial charge in [-0.25, -0.2) is 0 Å². The Labute approximate surface area is 63.8 Å². The van der Waals surface area contributed by atoms with Gasteiger partial charge in [-0.3, -0.25) is 0 Å². The highest BCUT2D eigenvalue weighted by Crippen LogP contribution is 1.88. The minimum atomic E-state index is 0.292. The number of nitrogens with zero attached hydrogens (tertiary/aromatic N) is 1. The third kappa shape index (κ3) is 4.77. The van der Waals surface area contributed by atoms with Gasteiger partial charge in [-0.05, 0) is 12.8 Å². The molecule has 2 heteroatoms. The van der Waals surface area contributed by atoms with Gasteiger partial charge in [0.25, 0.3) is 0 Å². The van der Waals surface area contributed by atoms with Crippen LogP contribution in [0.2, 0.25) is 0 Å². The van der Waals surface area contributed by atoms with Crippen molar-refractivity contribution in [3.8, 4) is 0 Å². The van der Waals surface area contributed by atoms with E-state index >= 15 is 0 Å². The Hall–Kier alpha value is -0.0800. The van der Waals surface area contributed by atoms with Crippen molar-refractivity contribution in [3.63, 3.8) is 0 Å². The summed E-state index contributed by atoms with van der Waals surface area (Å²) in [4.78, 5) is 2.29. The van der Waals surface area contributed by atoms with Gasteiger partial charge in [0.2, 0.25) is 0 Å². The lowest BCUT2D eigenvalue weighted by Gasteiger charge is -2.07. The summed E-state index contributed by atoms with van der Waals surface area (Å²) in [5, 5.41) is 8.65. The number of hydrogen-bond acceptors (Lipinski definition) is 2. The molecule has 0 saturated carbocycles. The van der Waals surface area contributed by atoms with Crippen LogP contribution in [0.25, 0.3) is 0 Å². The molecule has 0 aromatic rings. The molecule has 0 aromatic carbocycles. The maximum atomic E-state index is 8.65. The van der Waals surface area contributed by atoms with E-state index in [1.807, 2.05) is 0 Å². The molecule has 0 aliphatic heterocycles. The SMILES string of the molecule is CCC[N+](CCC)CCO. The summed E-state index contributed by atoms with van der Waals surface area (Å²) in [5.41, 5.74) is 0. The maximum Gasteiger partial charge on any atom is 0.145 e. The summed E-state index contributed by atoms with van der Waals surface area (Å²) >= 11 is 0. The monoisotopic (exact) mass is 145 g/mol. The van der Waals surface area contributed by atoms with Crippen LogP contribution in [-0.2, 0) is 0 Å². The lowest BCUT2D eigenvalue weighted by atomic mass is 10.3. The second-order valence-corrected chi connectivity index (χ2v) is 2.57. The van der Waals surface area contributed by atoms with E-state index in [0.717, 1.165) is 19.6 Å². The molecule has 0 bridgehead atoms. The van der Waals surface area contributed by atoms with E-state index in [2.05, 4.69) is 18.7 Å². The van der Waals surface area contributed by atoms with Crippen molar-refractivity contribution in [1.82, 2.24) is 4.90 Å². The summed E-state index contributed by atoms with van der Waals surface area (Å²) in [6.07, 6.45) is 2.36. The molecule has 0 fully saturated rings. The Morgan fingerprint density at radius 2 is 1.50 bits per heavy atom. The van der Waals surface area contributed by atoms with Crippen LogP contribution in [0.4, 0.5) is 0 Å². The second-order valence-electron chi connectivity index (χ2n) is 2.57. The number of aliphatic hydroxyl groups excluding tert-OH is 1. The van der Waals surface area contributed by atoms with Crippen LogP contribution in [0.15, 0.2) is 0 Å². The zero-order valence-electron chi connectivity index (χ0n) is 7.14. The maximum absolute atomic E-state index is 8.65. The predicted molar refractivity (Wildman–Crippen MR) is 44.4 cm³/mol. The smallest absolute Gasteiger partial charge is 0.145 e. The van der Waals surface area contributed by atoms with Gasteiger partial charge in [-0.1, -0.05) is 13.8 Å². The Bertz CT molecular complexity index is 52.0. The largest absolute Gasteiger partial charge is 0.390 e. The lowest BCUT2D eigenvalue weighted by molar-refractivity contribution is 0.253. The first kappa shape index (κ1) is 9.92. The molecule has 0 saturated heterocycles. The molecule has 10 heavy (non-hydrogen) atoms. The lowest BCUT2D eigenvalue weighted by Crippen LogP contribution is -2.34. The molecule has 0 aromatic heterocycles. The third-order valence-electron chi connectivity index (χ3n) is 1.50. The van der Waals surface area contributed by atoms with Gasteiger partial charge in [0.15, 0.2) is 0 Å². The zero-order chi connectivity index (χ0) is 7.82. The molecule has 0 heterocycles. The average Bonchev–Trinajstić information content (AvgIpc) is 1.90. The summed E-state index contributed by atoms with van der Waals surface area (Å²) in [5.74, 6) is 0. The third-order valence-corrected chi connectivity index (χ3v) is 1.50. The summed E-state index contributed by atoms with van der Waals surface area (Å²) in [7, 11) is 0. The highest BCUT2D eigenvalue weighted by Gasteiger charge is 2.09. The topological polar surface area (TPSA) is 26.1 Å². The average molecular weight is 145 g/mol. The number of hydrogen-bond donors (Lipinski definition) is 1. The van der Waals surface area contributed by atoms with Crippen LogP contribution in [-0.4, -0.2) is 31.3 Å². The molecule has 1 N–H and O–H groups in total. The second kappa shape index (κ2) is 7.03. The molecular weight excluding hydrogens is 126 g/mol. The van der Waals surface area contributed by atoms with Crippen molar-refractivity contribution in [1.29, 1.82) is 0 Å². The van der Waals surface area contributed by atoms with Gasteiger partial charge in [-0.2, -0.15) is 4.90 Å². The van der Waals surface area contributed by atoms with Gasteiger partial charge in [-0.15, -0.1) is 0 Å².